The Hall–Kier alpha value is -1.61. The van der Waals surface area contributed by atoms with Crippen LogP contribution in [0.2, 0.25) is 0 Å². The Kier molecular flexibility index (Phi) is 4.38. The smallest absolute Gasteiger partial charge is 0.0954 e. The van der Waals surface area contributed by atoms with E-state index in [0.29, 0.717) is 12.1 Å². The van der Waals surface area contributed by atoms with E-state index in [4.69, 9.17) is 0 Å². The fourth-order valence-electron chi connectivity index (χ4n) is 2.68. The summed E-state index contributed by atoms with van der Waals surface area (Å²) in [6.07, 6.45) is 3.03. The normalized spacial score (nSPS) is 14.3. The lowest BCUT2D eigenvalue weighted by atomic mass is 9.97. The van der Waals surface area contributed by atoms with E-state index >= 15 is 0 Å². The standard InChI is InChI=1S/C16H23N3/c1-5-15(19-11-18-12(2)13(19)3)16(17-4)14-9-7-6-8-10-14/h6-11,15-17H,5H2,1-4H3. The highest BCUT2D eigenvalue weighted by atomic mass is 15.1. The molecule has 3 nitrogen and oxygen atoms in total. The van der Waals surface area contributed by atoms with Gasteiger partial charge >= 0.3 is 0 Å². The van der Waals surface area contributed by atoms with E-state index in [9.17, 15) is 0 Å². The van der Waals surface area contributed by atoms with Crippen LogP contribution in [-0.4, -0.2) is 16.6 Å². The van der Waals surface area contributed by atoms with Gasteiger partial charge in [0.05, 0.1) is 24.1 Å². The van der Waals surface area contributed by atoms with Crippen LogP contribution in [0.25, 0.3) is 0 Å². The van der Waals surface area contributed by atoms with E-state index in [2.05, 4.69) is 66.0 Å². The van der Waals surface area contributed by atoms with Crippen LogP contribution in [0.3, 0.4) is 0 Å². The summed E-state index contributed by atoms with van der Waals surface area (Å²) in [5.41, 5.74) is 3.69. The lowest BCUT2D eigenvalue weighted by Gasteiger charge is -2.28. The van der Waals surface area contributed by atoms with E-state index in [1.54, 1.807) is 0 Å². The van der Waals surface area contributed by atoms with Gasteiger partial charge in [-0.15, -0.1) is 0 Å². The SMILES string of the molecule is CCC(C(NC)c1ccccc1)n1cnc(C)c1C. The van der Waals surface area contributed by atoms with Gasteiger partial charge in [-0.25, -0.2) is 4.98 Å². The highest BCUT2D eigenvalue weighted by molar-refractivity contribution is 5.21. The van der Waals surface area contributed by atoms with Gasteiger partial charge in [0.25, 0.3) is 0 Å². The van der Waals surface area contributed by atoms with Gasteiger partial charge in [-0.2, -0.15) is 0 Å². The first kappa shape index (κ1) is 13.8. The molecular weight excluding hydrogens is 234 g/mol. The Balaban J connectivity index is 2.37. The Morgan fingerprint density at radius 1 is 1.21 bits per heavy atom. The zero-order valence-electron chi connectivity index (χ0n) is 12.2. The molecule has 0 saturated heterocycles. The van der Waals surface area contributed by atoms with Gasteiger partial charge in [-0.1, -0.05) is 37.3 Å². The van der Waals surface area contributed by atoms with Crippen molar-refractivity contribution in [2.45, 2.75) is 39.3 Å². The van der Waals surface area contributed by atoms with Gasteiger partial charge in [0, 0.05) is 5.69 Å². The summed E-state index contributed by atoms with van der Waals surface area (Å²) < 4.78 is 2.30. The lowest BCUT2D eigenvalue weighted by molar-refractivity contribution is 0.358. The first-order valence-corrected chi connectivity index (χ1v) is 6.91. The molecule has 2 aromatic rings. The molecule has 0 aliphatic carbocycles. The summed E-state index contributed by atoms with van der Waals surface area (Å²) in [7, 11) is 2.03. The Morgan fingerprint density at radius 3 is 2.37 bits per heavy atom. The van der Waals surface area contributed by atoms with Crippen molar-refractivity contribution in [3.05, 3.63) is 53.6 Å². The molecule has 1 aromatic heterocycles. The number of hydrogen-bond donors (Lipinski definition) is 1. The fraction of sp³-hybridized carbons (Fsp3) is 0.438. The molecule has 2 unspecified atom stereocenters. The van der Waals surface area contributed by atoms with Crippen molar-refractivity contribution in [1.82, 2.24) is 14.9 Å². The average molecular weight is 257 g/mol. The Labute approximate surface area is 115 Å². The van der Waals surface area contributed by atoms with Crippen LogP contribution in [0.1, 0.15) is 42.4 Å². The second-order valence-electron chi connectivity index (χ2n) is 4.98. The van der Waals surface area contributed by atoms with Crippen LogP contribution in [0.4, 0.5) is 0 Å². The topological polar surface area (TPSA) is 29.9 Å². The number of imidazole rings is 1. The van der Waals surface area contributed by atoms with E-state index in [-0.39, 0.29) is 0 Å². The van der Waals surface area contributed by atoms with Gasteiger partial charge in [-0.3, -0.25) is 0 Å². The summed E-state index contributed by atoms with van der Waals surface area (Å²) in [5.74, 6) is 0. The summed E-state index contributed by atoms with van der Waals surface area (Å²) >= 11 is 0. The maximum Gasteiger partial charge on any atom is 0.0954 e. The minimum absolute atomic E-state index is 0.304. The van der Waals surface area contributed by atoms with Crippen LogP contribution in [-0.2, 0) is 0 Å². The molecule has 19 heavy (non-hydrogen) atoms. The molecule has 0 radical (unpaired) electrons. The molecule has 1 heterocycles. The zero-order valence-corrected chi connectivity index (χ0v) is 12.2. The molecule has 0 aliphatic heterocycles. The average Bonchev–Trinajstić information content (AvgIpc) is 2.77. The fourth-order valence-corrected chi connectivity index (χ4v) is 2.68. The molecule has 0 bridgehead atoms. The maximum atomic E-state index is 4.43. The molecule has 0 aliphatic rings. The minimum Gasteiger partial charge on any atom is -0.330 e. The lowest BCUT2D eigenvalue weighted by Crippen LogP contribution is -2.27. The van der Waals surface area contributed by atoms with Gasteiger partial charge in [0.15, 0.2) is 0 Å². The third-order valence-corrected chi connectivity index (χ3v) is 3.92. The molecule has 1 aromatic carbocycles. The minimum atomic E-state index is 0.304. The second-order valence-corrected chi connectivity index (χ2v) is 4.98. The van der Waals surface area contributed by atoms with Crippen LogP contribution in [0, 0.1) is 13.8 Å². The highest BCUT2D eigenvalue weighted by Crippen LogP contribution is 2.30. The molecule has 0 fully saturated rings. The Morgan fingerprint density at radius 2 is 1.89 bits per heavy atom. The molecule has 0 saturated carbocycles. The summed E-state index contributed by atoms with van der Waals surface area (Å²) in [4.78, 5) is 4.43. The molecule has 2 rings (SSSR count). The van der Waals surface area contributed by atoms with Crippen LogP contribution in [0.15, 0.2) is 36.7 Å². The van der Waals surface area contributed by atoms with Gasteiger partial charge < -0.3 is 9.88 Å². The molecule has 102 valence electrons. The zero-order chi connectivity index (χ0) is 13.8. The first-order chi connectivity index (χ1) is 9.19. The third kappa shape index (κ3) is 2.71. The Bertz CT molecular complexity index is 516. The number of hydrogen-bond acceptors (Lipinski definition) is 2. The summed E-state index contributed by atoms with van der Waals surface area (Å²) in [6, 6.07) is 11.3. The number of aryl methyl sites for hydroxylation is 1. The summed E-state index contributed by atoms with van der Waals surface area (Å²) in [5, 5.41) is 3.46. The molecule has 1 N–H and O–H groups in total. The van der Waals surface area contributed by atoms with Gasteiger partial charge in [-0.05, 0) is 32.9 Å². The predicted molar refractivity (Wildman–Crippen MR) is 79.3 cm³/mol. The number of nitrogens with zero attached hydrogens (tertiary/aromatic N) is 2. The van der Waals surface area contributed by atoms with E-state index in [1.165, 1.54) is 11.3 Å². The van der Waals surface area contributed by atoms with Crippen LogP contribution < -0.4 is 5.32 Å². The molecule has 3 heteroatoms. The van der Waals surface area contributed by atoms with Gasteiger partial charge in [0.2, 0.25) is 0 Å². The summed E-state index contributed by atoms with van der Waals surface area (Å²) in [6.45, 7) is 6.44. The maximum absolute atomic E-state index is 4.43. The number of rotatable bonds is 5. The number of aromatic nitrogens is 2. The molecule has 0 amide bonds. The molecular formula is C16H23N3. The van der Waals surface area contributed by atoms with E-state index < -0.39 is 0 Å². The van der Waals surface area contributed by atoms with Crippen molar-refractivity contribution < 1.29 is 0 Å². The number of benzene rings is 1. The van der Waals surface area contributed by atoms with Crippen molar-refractivity contribution >= 4 is 0 Å². The largest absolute Gasteiger partial charge is 0.330 e. The third-order valence-electron chi connectivity index (χ3n) is 3.92. The van der Waals surface area contributed by atoms with E-state index in [0.717, 1.165) is 12.1 Å². The predicted octanol–water partition coefficient (Wildman–Crippen LogP) is 3.41. The van der Waals surface area contributed by atoms with Crippen molar-refractivity contribution in [2.75, 3.05) is 7.05 Å². The number of nitrogens with one attached hydrogen (secondary N) is 1. The van der Waals surface area contributed by atoms with Crippen molar-refractivity contribution in [2.24, 2.45) is 0 Å². The highest BCUT2D eigenvalue weighted by Gasteiger charge is 2.23. The molecule has 0 spiro atoms. The monoisotopic (exact) mass is 257 g/mol. The van der Waals surface area contributed by atoms with Crippen LogP contribution in [0.5, 0.6) is 0 Å². The van der Waals surface area contributed by atoms with Crippen molar-refractivity contribution in [3.63, 3.8) is 0 Å². The first-order valence-electron chi connectivity index (χ1n) is 6.91. The number of likely N-dealkylation sites (N-methyl/N-ethyl adjacent to an activating group) is 1. The quantitative estimate of drug-likeness (QED) is 0.889. The van der Waals surface area contributed by atoms with Crippen molar-refractivity contribution in [3.8, 4) is 0 Å². The second kappa shape index (κ2) is 6.02. The van der Waals surface area contributed by atoms with E-state index in [1.807, 2.05) is 13.4 Å². The molecule has 2 atom stereocenters. The van der Waals surface area contributed by atoms with Gasteiger partial charge in [0.1, 0.15) is 0 Å². The van der Waals surface area contributed by atoms with Crippen LogP contribution >= 0.6 is 0 Å². The van der Waals surface area contributed by atoms with Crippen molar-refractivity contribution in [1.29, 1.82) is 0 Å².